The first-order valence-corrected chi connectivity index (χ1v) is 7.86. The van der Waals surface area contributed by atoms with Crippen LogP contribution in [-0.2, 0) is 11.3 Å². The molecule has 0 spiro atoms. The summed E-state index contributed by atoms with van der Waals surface area (Å²) in [6.07, 6.45) is 2.60. The topological polar surface area (TPSA) is 38.9 Å². The Morgan fingerprint density at radius 3 is 2.69 bits per heavy atom. The zero-order valence-electron chi connectivity index (χ0n) is 10.2. The number of nitrogens with zero attached hydrogens (tertiary/aromatic N) is 1. The molecule has 1 heterocycles. The zero-order valence-corrected chi connectivity index (χ0v) is 11.9. The van der Waals surface area contributed by atoms with Crippen molar-refractivity contribution in [3.05, 3.63) is 15.6 Å². The lowest BCUT2D eigenvalue weighted by molar-refractivity contribution is 0.558. The Morgan fingerprint density at radius 1 is 1.50 bits per heavy atom. The van der Waals surface area contributed by atoms with Crippen LogP contribution >= 0.6 is 23.1 Å². The molecule has 0 saturated heterocycles. The number of hydrogen-bond donors (Lipinski definition) is 1. The smallest absolute Gasteiger partial charge is 0.103 e. The Kier molecular flexibility index (Phi) is 3.62. The minimum atomic E-state index is -0.231. The molecular formula is C12H20N2S2. The van der Waals surface area contributed by atoms with Crippen molar-refractivity contribution >= 4 is 23.1 Å². The molecule has 0 amide bonds. The van der Waals surface area contributed by atoms with E-state index in [0.29, 0.717) is 5.92 Å². The third-order valence-corrected chi connectivity index (χ3v) is 5.16. The SMILES string of the molecule is CCSCc1nc(C2CC2)c(C(C)(C)N)s1. The molecule has 16 heavy (non-hydrogen) atoms. The predicted molar refractivity (Wildman–Crippen MR) is 73.1 cm³/mol. The van der Waals surface area contributed by atoms with E-state index < -0.39 is 0 Å². The van der Waals surface area contributed by atoms with Crippen molar-refractivity contribution in [3.8, 4) is 0 Å². The van der Waals surface area contributed by atoms with Crippen LogP contribution in [0.2, 0.25) is 0 Å². The largest absolute Gasteiger partial charge is 0.321 e. The lowest BCUT2D eigenvalue weighted by Crippen LogP contribution is -2.28. The van der Waals surface area contributed by atoms with Crippen LogP contribution in [0.1, 0.15) is 55.1 Å². The Hall–Kier alpha value is -0.0600. The summed E-state index contributed by atoms with van der Waals surface area (Å²) in [6.45, 7) is 6.36. The highest BCUT2D eigenvalue weighted by Gasteiger charge is 2.33. The number of rotatable bonds is 5. The highest BCUT2D eigenvalue weighted by atomic mass is 32.2. The number of nitrogens with two attached hydrogens (primary N) is 1. The Morgan fingerprint density at radius 2 is 2.19 bits per heavy atom. The molecule has 2 N–H and O–H groups in total. The van der Waals surface area contributed by atoms with Crippen LogP contribution in [0.5, 0.6) is 0 Å². The number of thiazole rings is 1. The highest BCUT2D eigenvalue weighted by molar-refractivity contribution is 7.98. The van der Waals surface area contributed by atoms with Crippen molar-refractivity contribution in [2.45, 2.75) is 50.8 Å². The van der Waals surface area contributed by atoms with Gasteiger partial charge in [-0.25, -0.2) is 4.98 Å². The minimum Gasteiger partial charge on any atom is -0.321 e. The van der Waals surface area contributed by atoms with Crippen LogP contribution in [0, 0.1) is 0 Å². The Labute approximate surface area is 106 Å². The van der Waals surface area contributed by atoms with Crippen molar-refractivity contribution in [3.63, 3.8) is 0 Å². The van der Waals surface area contributed by atoms with Gasteiger partial charge in [0.1, 0.15) is 5.01 Å². The normalized spacial score (nSPS) is 16.8. The van der Waals surface area contributed by atoms with Gasteiger partial charge >= 0.3 is 0 Å². The molecule has 1 aromatic heterocycles. The molecule has 1 fully saturated rings. The molecular weight excluding hydrogens is 236 g/mol. The van der Waals surface area contributed by atoms with Gasteiger partial charge in [0.2, 0.25) is 0 Å². The van der Waals surface area contributed by atoms with E-state index in [1.54, 1.807) is 0 Å². The van der Waals surface area contributed by atoms with Crippen molar-refractivity contribution in [2.75, 3.05) is 5.75 Å². The summed E-state index contributed by atoms with van der Waals surface area (Å²) in [4.78, 5) is 6.10. The van der Waals surface area contributed by atoms with E-state index in [1.165, 1.54) is 28.4 Å². The summed E-state index contributed by atoms with van der Waals surface area (Å²) in [5, 5.41) is 1.25. The average Bonchev–Trinajstić information content (AvgIpc) is 2.94. The molecule has 4 heteroatoms. The van der Waals surface area contributed by atoms with Gasteiger partial charge in [0.05, 0.1) is 5.69 Å². The molecule has 0 aliphatic heterocycles. The third kappa shape index (κ3) is 2.79. The van der Waals surface area contributed by atoms with Gasteiger partial charge < -0.3 is 5.73 Å². The fourth-order valence-electron chi connectivity index (χ4n) is 1.72. The number of aromatic nitrogens is 1. The Balaban J connectivity index is 2.23. The summed E-state index contributed by atoms with van der Waals surface area (Å²) in [7, 11) is 0. The molecule has 1 aliphatic carbocycles. The summed E-state index contributed by atoms with van der Waals surface area (Å²) in [5.74, 6) is 2.89. The second kappa shape index (κ2) is 4.67. The second-order valence-corrected chi connectivity index (χ2v) is 7.31. The first-order valence-electron chi connectivity index (χ1n) is 5.89. The van der Waals surface area contributed by atoms with Gasteiger partial charge in [-0.15, -0.1) is 11.3 Å². The highest BCUT2D eigenvalue weighted by Crippen LogP contribution is 2.45. The minimum absolute atomic E-state index is 0.231. The fourth-order valence-corrected chi connectivity index (χ4v) is 3.61. The first kappa shape index (κ1) is 12.4. The molecule has 2 rings (SSSR count). The standard InChI is InChI=1S/C12H20N2S2/c1-4-15-7-9-14-10(8-5-6-8)11(16-9)12(2,3)13/h8H,4-7,13H2,1-3H3. The molecule has 0 unspecified atom stereocenters. The predicted octanol–water partition coefficient (Wildman–Crippen LogP) is 3.47. The van der Waals surface area contributed by atoms with Crippen LogP contribution in [0.3, 0.4) is 0 Å². The molecule has 2 nitrogen and oxygen atoms in total. The van der Waals surface area contributed by atoms with E-state index in [2.05, 4.69) is 20.8 Å². The average molecular weight is 256 g/mol. The van der Waals surface area contributed by atoms with Gasteiger partial charge in [-0.1, -0.05) is 6.92 Å². The third-order valence-electron chi connectivity index (χ3n) is 2.68. The van der Waals surface area contributed by atoms with Crippen molar-refractivity contribution < 1.29 is 0 Å². The molecule has 1 aromatic rings. The van der Waals surface area contributed by atoms with E-state index in [4.69, 9.17) is 10.7 Å². The van der Waals surface area contributed by atoms with Crippen molar-refractivity contribution in [1.29, 1.82) is 0 Å². The molecule has 90 valence electrons. The maximum atomic E-state index is 6.23. The molecule has 1 aliphatic rings. The van der Waals surface area contributed by atoms with Gasteiger partial charge in [0.15, 0.2) is 0 Å². The number of hydrogen-bond acceptors (Lipinski definition) is 4. The lowest BCUT2D eigenvalue weighted by atomic mass is 10.0. The molecule has 0 bridgehead atoms. The summed E-state index contributed by atoms with van der Waals surface area (Å²) in [5.41, 5.74) is 7.29. The maximum absolute atomic E-state index is 6.23. The van der Waals surface area contributed by atoms with Crippen LogP contribution in [0.4, 0.5) is 0 Å². The summed E-state index contributed by atoms with van der Waals surface area (Å²) in [6, 6.07) is 0. The summed E-state index contributed by atoms with van der Waals surface area (Å²) < 4.78 is 0. The molecule has 1 saturated carbocycles. The second-order valence-electron chi connectivity index (χ2n) is 4.96. The van der Waals surface area contributed by atoms with Gasteiger partial charge in [0.25, 0.3) is 0 Å². The van der Waals surface area contributed by atoms with E-state index in [-0.39, 0.29) is 5.54 Å². The van der Waals surface area contributed by atoms with E-state index >= 15 is 0 Å². The molecule has 0 radical (unpaired) electrons. The summed E-state index contributed by atoms with van der Waals surface area (Å²) >= 11 is 3.75. The zero-order chi connectivity index (χ0) is 11.8. The molecule has 0 aromatic carbocycles. The fraction of sp³-hybridized carbons (Fsp3) is 0.750. The van der Waals surface area contributed by atoms with Crippen LogP contribution < -0.4 is 5.73 Å². The van der Waals surface area contributed by atoms with Gasteiger partial charge in [-0.2, -0.15) is 11.8 Å². The van der Waals surface area contributed by atoms with E-state index in [1.807, 2.05) is 23.1 Å². The van der Waals surface area contributed by atoms with Crippen molar-refractivity contribution in [2.24, 2.45) is 5.73 Å². The molecule has 0 atom stereocenters. The first-order chi connectivity index (χ1) is 7.52. The van der Waals surface area contributed by atoms with E-state index in [9.17, 15) is 0 Å². The number of thioether (sulfide) groups is 1. The van der Waals surface area contributed by atoms with Gasteiger partial charge in [-0.05, 0) is 32.4 Å². The lowest BCUT2D eigenvalue weighted by Gasteiger charge is -2.17. The monoisotopic (exact) mass is 256 g/mol. The van der Waals surface area contributed by atoms with Crippen LogP contribution in [-0.4, -0.2) is 10.7 Å². The van der Waals surface area contributed by atoms with Crippen LogP contribution in [0.25, 0.3) is 0 Å². The quantitative estimate of drug-likeness (QED) is 0.877. The Bertz CT molecular complexity index is 362. The van der Waals surface area contributed by atoms with Crippen molar-refractivity contribution in [1.82, 2.24) is 4.98 Å². The van der Waals surface area contributed by atoms with Gasteiger partial charge in [-0.3, -0.25) is 0 Å². The maximum Gasteiger partial charge on any atom is 0.103 e. The van der Waals surface area contributed by atoms with Crippen LogP contribution in [0.15, 0.2) is 0 Å². The van der Waals surface area contributed by atoms with E-state index in [0.717, 1.165) is 11.5 Å². The van der Waals surface area contributed by atoms with Gasteiger partial charge in [0, 0.05) is 22.1 Å².